The molecule has 2 aromatic rings. The van der Waals surface area contributed by atoms with Crippen molar-refractivity contribution < 1.29 is 19.1 Å². The molecule has 0 radical (unpaired) electrons. The number of hydrazine groups is 1. The van der Waals surface area contributed by atoms with Crippen LogP contribution in [0.2, 0.25) is 0 Å². The Hall–Kier alpha value is -2.87. The van der Waals surface area contributed by atoms with Crippen LogP contribution in [0.1, 0.15) is 52.8 Å². The monoisotopic (exact) mass is 473 g/mol. The van der Waals surface area contributed by atoms with Crippen LogP contribution in [-0.2, 0) is 4.79 Å². The highest BCUT2D eigenvalue weighted by molar-refractivity contribution is 9.10. The number of rotatable bonds is 5. The summed E-state index contributed by atoms with van der Waals surface area (Å²) in [6.45, 7) is 0. The maximum Gasteiger partial charge on any atom is 0.273 e. The van der Waals surface area contributed by atoms with Crippen molar-refractivity contribution in [3.63, 3.8) is 0 Å². The third-order valence-electron chi connectivity index (χ3n) is 5.09. The van der Waals surface area contributed by atoms with Gasteiger partial charge >= 0.3 is 0 Å². The minimum Gasteiger partial charge on any atom is -0.496 e. The Morgan fingerprint density at radius 2 is 1.60 bits per heavy atom. The standard InChI is InChI=1S/C22H24BrN3O4/c1-30-19-12-9-16(23)13-18(19)22(29)26-25-21(28)15-7-10-17(11-8-15)24-20(27)14-5-3-2-4-6-14/h7-14H,2-6H2,1H3,(H,24,27)(H,25,28)(H,26,29). The molecule has 0 aliphatic heterocycles. The minimum atomic E-state index is -0.502. The summed E-state index contributed by atoms with van der Waals surface area (Å²) in [4.78, 5) is 37.0. The molecule has 3 N–H and O–H groups in total. The van der Waals surface area contributed by atoms with Gasteiger partial charge in [-0.05, 0) is 55.3 Å². The Morgan fingerprint density at radius 1 is 0.933 bits per heavy atom. The maximum atomic E-state index is 12.4. The second-order valence-electron chi connectivity index (χ2n) is 7.15. The molecule has 3 rings (SSSR count). The van der Waals surface area contributed by atoms with E-state index in [1.54, 1.807) is 42.5 Å². The zero-order valence-corrected chi connectivity index (χ0v) is 18.3. The van der Waals surface area contributed by atoms with E-state index in [1.807, 2.05) is 0 Å². The highest BCUT2D eigenvalue weighted by Gasteiger charge is 2.21. The van der Waals surface area contributed by atoms with Crippen LogP contribution in [0.25, 0.3) is 0 Å². The van der Waals surface area contributed by atoms with Crippen molar-refractivity contribution >= 4 is 39.3 Å². The summed E-state index contributed by atoms with van der Waals surface area (Å²) in [7, 11) is 1.47. The lowest BCUT2D eigenvalue weighted by Gasteiger charge is -2.20. The fourth-order valence-corrected chi connectivity index (χ4v) is 3.79. The Morgan fingerprint density at radius 3 is 2.27 bits per heavy atom. The molecule has 1 saturated carbocycles. The number of anilines is 1. The molecule has 2 aromatic carbocycles. The number of hydrogen-bond acceptors (Lipinski definition) is 4. The van der Waals surface area contributed by atoms with Gasteiger partial charge < -0.3 is 10.1 Å². The van der Waals surface area contributed by atoms with Gasteiger partial charge in [-0.1, -0.05) is 35.2 Å². The van der Waals surface area contributed by atoms with Gasteiger partial charge in [0.1, 0.15) is 5.75 Å². The molecule has 3 amide bonds. The number of halogens is 1. The van der Waals surface area contributed by atoms with E-state index in [-0.39, 0.29) is 17.4 Å². The zero-order chi connectivity index (χ0) is 21.5. The molecule has 1 aliphatic rings. The summed E-state index contributed by atoms with van der Waals surface area (Å²) >= 11 is 3.31. The van der Waals surface area contributed by atoms with E-state index in [4.69, 9.17) is 4.74 Å². The number of ether oxygens (including phenoxy) is 1. The number of benzene rings is 2. The zero-order valence-electron chi connectivity index (χ0n) is 16.7. The Bertz CT molecular complexity index is 924. The van der Waals surface area contributed by atoms with E-state index in [0.29, 0.717) is 21.5 Å². The molecule has 0 bridgehead atoms. The van der Waals surface area contributed by atoms with Gasteiger partial charge in [0.05, 0.1) is 12.7 Å². The van der Waals surface area contributed by atoms with Gasteiger partial charge in [0, 0.05) is 21.6 Å². The van der Waals surface area contributed by atoms with Crippen molar-refractivity contribution in [1.29, 1.82) is 0 Å². The van der Waals surface area contributed by atoms with E-state index < -0.39 is 11.8 Å². The first-order valence-corrected chi connectivity index (χ1v) is 10.6. The summed E-state index contributed by atoms with van der Waals surface area (Å²) < 4.78 is 5.89. The second kappa shape index (κ2) is 10.2. The third-order valence-corrected chi connectivity index (χ3v) is 5.58. The number of methoxy groups -OCH3 is 1. The van der Waals surface area contributed by atoms with Crippen molar-refractivity contribution in [2.24, 2.45) is 5.92 Å². The summed E-state index contributed by atoms with van der Waals surface area (Å²) in [5, 5.41) is 2.91. The first-order valence-electron chi connectivity index (χ1n) is 9.83. The first-order chi connectivity index (χ1) is 14.5. The lowest BCUT2D eigenvalue weighted by molar-refractivity contribution is -0.120. The predicted molar refractivity (Wildman–Crippen MR) is 117 cm³/mol. The molecule has 0 atom stereocenters. The van der Waals surface area contributed by atoms with Gasteiger partial charge in [-0.3, -0.25) is 25.2 Å². The summed E-state index contributed by atoms with van der Waals surface area (Å²) in [6.07, 6.45) is 5.23. The lowest BCUT2D eigenvalue weighted by atomic mass is 9.88. The smallest absolute Gasteiger partial charge is 0.273 e. The van der Waals surface area contributed by atoms with Gasteiger partial charge in [-0.2, -0.15) is 0 Å². The van der Waals surface area contributed by atoms with Crippen LogP contribution in [0.5, 0.6) is 5.75 Å². The second-order valence-corrected chi connectivity index (χ2v) is 8.07. The third kappa shape index (κ3) is 5.60. The fraction of sp³-hybridized carbons (Fsp3) is 0.318. The van der Waals surface area contributed by atoms with Gasteiger partial charge in [0.2, 0.25) is 5.91 Å². The number of hydrogen-bond donors (Lipinski definition) is 3. The van der Waals surface area contributed by atoms with Crippen LogP contribution in [0.3, 0.4) is 0 Å². The molecule has 8 heteroatoms. The average molecular weight is 474 g/mol. The van der Waals surface area contributed by atoms with E-state index in [0.717, 1.165) is 25.7 Å². The van der Waals surface area contributed by atoms with Crippen LogP contribution in [0.15, 0.2) is 46.9 Å². The molecule has 0 aromatic heterocycles. The molecular weight excluding hydrogens is 450 g/mol. The predicted octanol–water partition coefficient (Wildman–Crippen LogP) is 4.05. The highest BCUT2D eigenvalue weighted by atomic mass is 79.9. The first kappa shape index (κ1) is 21.8. The van der Waals surface area contributed by atoms with Crippen LogP contribution < -0.4 is 20.9 Å². The topological polar surface area (TPSA) is 96.5 Å². The molecule has 158 valence electrons. The molecule has 0 saturated heterocycles. The van der Waals surface area contributed by atoms with Crippen molar-refractivity contribution in [3.05, 3.63) is 58.1 Å². The summed E-state index contributed by atoms with van der Waals surface area (Å²) in [5.41, 5.74) is 6.05. The Kier molecular flexibility index (Phi) is 7.46. The van der Waals surface area contributed by atoms with E-state index in [2.05, 4.69) is 32.1 Å². The molecule has 1 fully saturated rings. The van der Waals surface area contributed by atoms with E-state index in [1.165, 1.54) is 13.5 Å². The van der Waals surface area contributed by atoms with Crippen LogP contribution in [0, 0.1) is 5.92 Å². The molecule has 7 nitrogen and oxygen atoms in total. The summed E-state index contributed by atoms with van der Waals surface area (Å²) in [5.74, 6) is -0.488. The molecule has 0 spiro atoms. The molecule has 30 heavy (non-hydrogen) atoms. The van der Waals surface area contributed by atoms with Crippen molar-refractivity contribution in [3.8, 4) is 5.75 Å². The van der Waals surface area contributed by atoms with Gasteiger partial charge in [0.15, 0.2) is 0 Å². The lowest BCUT2D eigenvalue weighted by Crippen LogP contribution is -2.41. The Balaban J connectivity index is 1.55. The molecule has 0 heterocycles. The average Bonchev–Trinajstić information content (AvgIpc) is 2.78. The van der Waals surface area contributed by atoms with Crippen molar-refractivity contribution in [1.82, 2.24) is 10.9 Å². The quantitative estimate of drug-likeness (QED) is 0.570. The normalized spacial score (nSPS) is 13.9. The molecule has 1 aliphatic carbocycles. The molecule has 0 unspecified atom stereocenters. The molecular formula is C22H24BrN3O4. The number of amides is 3. The van der Waals surface area contributed by atoms with E-state index >= 15 is 0 Å². The van der Waals surface area contributed by atoms with Crippen LogP contribution in [0.4, 0.5) is 5.69 Å². The van der Waals surface area contributed by atoms with Gasteiger partial charge in [0.25, 0.3) is 11.8 Å². The van der Waals surface area contributed by atoms with Gasteiger partial charge in [-0.25, -0.2) is 0 Å². The van der Waals surface area contributed by atoms with Crippen LogP contribution >= 0.6 is 15.9 Å². The maximum absolute atomic E-state index is 12.4. The highest BCUT2D eigenvalue weighted by Crippen LogP contribution is 2.25. The number of carbonyl (C=O) groups is 3. The largest absolute Gasteiger partial charge is 0.496 e. The van der Waals surface area contributed by atoms with Crippen molar-refractivity contribution in [2.45, 2.75) is 32.1 Å². The van der Waals surface area contributed by atoms with E-state index in [9.17, 15) is 14.4 Å². The van der Waals surface area contributed by atoms with Gasteiger partial charge in [-0.15, -0.1) is 0 Å². The SMILES string of the molecule is COc1ccc(Br)cc1C(=O)NNC(=O)c1ccc(NC(=O)C2CCCCC2)cc1. The summed E-state index contributed by atoms with van der Waals surface area (Å²) in [6, 6.07) is 11.5. The minimum absolute atomic E-state index is 0.0298. The number of nitrogens with one attached hydrogen (secondary N) is 3. The Labute approximate surface area is 183 Å². The fourth-order valence-electron chi connectivity index (χ4n) is 3.42. The number of carbonyl (C=O) groups excluding carboxylic acids is 3. The van der Waals surface area contributed by atoms with Crippen molar-refractivity contribution in [2.75, 3.05) is 12.4 Å². The van der Waals surface area contributed by atoms with Crippen LogP contribution in [-0.4, -0.2) is 24.8 Å².